The molecule has 10 nitrogen and oxygen atoms in total. The molecule has 1 saturated heterocycles. The van der Waals surface area contributed by atoms with Crippen molar-refractivity contribution in [1.29, 1.82) is 0 Å². The summed E-state index contributed by atoms with van der Waals surface area (Å²) in [6.07, 6.45) is 2.57. The third-order valence-corrected chi connectivity index (χ3v) is 6.19. The Hall–Kier alpha value is -2.95. The molecule has 0 bridgehead atoms. The number of carboxylic acid groups (broad SMARTS) is 1. The minimum atomic E-state index is -1.05. The molecular formula is C21H26ClN6O4. The summed E-state index contributed by atoms with van der Waals surface area (Å²) in [7, 11) is 3.22. The Morgan fingerprint density at radius 3 is 3.00 bits per heavy atom. The van der Waals surface area contributed by atoms with Crippen molar-refractivity contribution in [3.63, 3.8) is 0 Å². The first-order valence-corrected chi connectivity index (χ1v) is 10.6. The zero-order chi connectivity index (χ0) is 22.7. The van der Waals surface area contributed by atoms with E-state index >= 15 is 0 Å². The normalized spacial score (nSPS) is 24.5. The van der Waals surface area contributed by atoms with Crippen molar-refractivity contribution in [2.45, 2.75) is 24.7 Å². The highest BCUT2D eigenvalue weighted by Gasteiger charge is 2.44. The van der Waals surface area contributed by atoms with Crippen LogP contribution in [-0.2, 0) is 6.54 Å². The smallest absolute Gasteiger partial charge is 0.405 e. The molecule has 3 heterocycles. The maximum atomic E-state index is 11.6. The number of aliphatic imine (C=N–C) groups is 1. The van der Waals surface area contributed by atoms with Crippen molar-refractivity contribution in [2.75, 3.05) is 33.9 Å². The minimum Gasteiger partial charge on any atom is -0.497 e. The second-order valence-corrected chi connectivity index (χ2v) is 8.29. The average Bonchev–Trinajstić information content (AvgIpc) is 3.37. The van der Waals surface area contributed by atoms with E-state index < -0.39 is 11.6 Å². The minimum absolute atomic E-state index is 0.211. The molecule has 171 valence electrons. The molecule has 0 unspecified atom stereocenters. The first-order valence-electron chi connectivity index (χ1n) is 10.2. The zero-order valence-electron chi connectivity index (χ0n) is 17.9. The van der Waals surface area contributed by atoms with Crippen molar-refractivity contribution < 1.29 is 19.4 Å². The highest BCUT2D eigenvalue weighted by Crippen LogP contribution is 2.34. The van der Waals surface area contributed by atoms with Gasteiger partial charge in [0.1, 0.15) is 17.7 Å². The summed E-state index contributed by atoms with van der Waals surface area (Å²) in [5, 5.41) is 23.6. The van der Waals surface area contributed by atoms with Crippen LogP contribution < -0.4 is 30.7 Å². The van der Waals surface area contributed by atoms with E-state index in [1.165, 1.54) is 0 Å². The van der Waals surface area contributed by atoms with Crippen LogP contribution in [0.4, 0.5) is 4.79 Å². The highest BCUT2D eigenvalue weighted by atomic mass is 35.5. The lowest BCUT2D eigenvalue weighted by atomic mass is 9.98. The van der Waals surface area contributed by atoms with E-state index in [1.54, 1.807) is 26.8 Å². The number of ether oxygens (including phenoxy) is 2. The summed E-state index contributed by atoms with van der Waals surface area (Å²) in [5.41, 5.74) is 1.11. The topological polar surface area (TPSA) is 122 Å². The lowest BCUT2D eigenvalue weighted by Crippen LogP contribution is -2.58. The number of nitrogens with zero attached hydrogens (tertiary/aromatic N) is 3. The van der Waals surface area contributed by atoms with E-state index in [0.29, 0.717) is 55.0 Å². The number of likely N-dealkylation sites (tertiary alicyclic amines) is 1. The summed E-state index contributed by atoms with van der Waals surface area (Å²) in [6, 6.07) is 5.62. The Morgan fingerprint density at radius 1 is 1.41 bits per heavy atom. The van der Waals surface area contributed by atoms with E-state index in [9.17, 15) is 9.90 Å². The Balaban J connectivity index is 1.44. The monoisotopic (exact) mass is 461 g/mol. The van der Waals surface area contributed by atoms with Gasteiger partial charge in [-0.1, -0.05) is 17.7 Å². The third-order valence-electron chi connectivity index (χ3n) is 5.88. The molecule has 0 spiro atoms. The van der Waals surface area contributed by atoms with Crippen molar-refractivity contribution in [2.24, 2.45) is 4.99 Å². The van der Waals surface area contributed by atoms with E-state index in [2.05, 4.69) is 31.2 Å². The zero-order valence-corrected chi connectivity index (χ0v) is 18.6. The van der Waals surface area contributed by atoms with Crippen LogP contribution in [0.25, 0.3) is 0 Å². The summed E-state index contributed by atoms with van der Waals surface area (Å²) >= 11 is 6.34. The second kappa shape index (κ2) is 9.27. The van der Waals surface area contributed by atoms with E-state index in [-0.39, 0.29) is 6.17 Å². The molecule has 2 atom stereocenters. The van der Waals surface area contributed by atoms with Crippen LogP contribution in [0.15, 0.2) is 45.8 Å². The van der Waals surface area contributed by atoms with Gasteiger partial charge < -0.3 is 30.5 Å². The molecule has 1 radical (unpaired) electrons. The van der Waals surface area contributed by atoms with Crippen LogP contribution in [-0.4, -0.2) is 68.0 Å². The molecule has 1 amide bonds. The molecule has 11 heteroatoms. The van der Waals surface area contributed by atoms with E-state index in [1.807, 2.05) is 18.2 Å². The van der Waals surface area contributed by atoms with Gasteiger partial charge in [-0.15, -0.1) is 0 Å². The molecule has 3 aliphatic heterocycles. The fraction of sp³-hybridized carbons (Fsp3) is 0.429. The van der Waals surface area contributed by atoms with Gasteiger partial charge in [0, 0.05) is 44.0 Å². The number of carbonyl (C=O) groups is 1. The summed E-state index contributed by atoms with van der Waals surface area (Å²) < 4.78 is 10.7. The number of benzene rings is 1. The fourth-order valence-electron chi connectivity index (χ4n) is 4.34. The number of halogens is 1. The van der Waals surface area contributed by atoms with Crippen LogP contribution in [0.3, 0.4) is 0 Å². The van der Waals surface area contributed by atoms with Crippen molar-refractivity contribution in [1.82, 2.24) is 26.2 Å². The Morgan fingerprint density at radius 2 is 2.25 bits per heavy atom. The van der Waals surface area contributed by atoms with Crippen LogP contribution in [0.2, 0.25) is 0 Å². The van der Waals surface area contributed by atoms with Gasteiger partial charge in [0.2, 0.25) is 0 Å². The standard InChI is InChI=1S/C21H26ClN6O4/c1-31-14-4-3-13(16(7-14)32-2)8-23-10-21(27-20(29)30)5-6-28(11-21)19-17-15(22)9-24-18(17)25-12-26-19/h3-4,7,9,12,19,23,27H,5-6,8,10-11H2,1-2H3,(H,25,26)(H,29,30)/t19-,21-/m0/s1. The first kappa shape index (κ1) is 22.3. The van der Waals surface area contributed by atoms with Crippen molar-refractivity contribution in [3.05, 3.63) is 46.4 Å². The number of rotatable bonds is 8. The van der Waals surface area contributed by atoms with Crippen LogP contribution in [0, 0.1) is 0 Å². The van der Waals surface area contributed by atoms with Gasteiger partial charge in [0.25, 0.3) is 0 Å². The first-order chi connectivity index (χ1) is 15.4. The third kappa shape index (κ3) is 4.47. The van der Waals surface area contributed by atoms with Gasteiger partial charge in [-0.05, 0) is 12.5 Å². The molecule has 4 rings (SSSR count). The quantitative estimate of drug-likeness (QED) is 0.461. The molecule has 32 heavy (non-hydrogen) atoms. The molecule has 1 aromatic carbocycles. The SMILES string of the molecule is COc1ccc(CNC[C@@]2(NC(=O)O)CCN([C@@H]3NC=NC4=C3C(Cl)=C[N]4)C2)c(OC)c1. The van der Waals surface area contributed by atoms with Crippen LogP contribution in [0.1, 0.15) is 12.0 Å². The molecule has 1 aromatic rings. The maximum absolute atomic E-state index is 11.6. The van der Waals surface area contributed by atoms with Gasteiger partial charge in [-0.3, -0.25) is 4.90 Å². The predicted molar refractivity (Wildman–Crippen MR) is 120 cm³/mol. The average molecular weight is 462 g/mol. The van der Waals surface area contributed by atoms with Crippen molar-refractivity contribution in [3.8, 4) is 11.5 Å². The summed E-state index contributed by atoms with van der Waals surface area (Å²) in [5.74, 6) is 2.01. The number of hydrogen-bond acceptors (Lipinski definition) is 7. The molecule has 4 N–H and O–H groups in total. The number of nitrogens with one attached hydrogen (secondary N) is 3. The van der Waals surface area contributed by atoms with Gasteiger partial charge in [0.05, 0.1) is 36.7 Å². The maximum Gasteiger partial charge on any atom is 0.405 e. The Bertz CT molecular complexity index is 981. The number of hydrogen-bond donors (Lipinski definition) is 4. The Labute approximate surface area is 191 Å². The predicted octanol–water partition coefficient (Wildman–Crippen LogP) is 1.37. The van der Waals surface area contributed by atoms with Crippen molar-refractivity contribution >= 4 is 24.0 Å². The molecule has 3 aliphatic rings. The fourth-order valence-corrected chi connectivity index (χ4v) is 4.57. The number of methoxy groups -OCH3 is 2. The molecular weight excluding hydrogens is 436 g/mol. The summed E-state index contributed by atoms with van der Waals surface area (Å²) in [4.78, 5) is 18.0. The molecule has 0 saturated carbocycles. The number of amides is 1. The lowest BCUT2D eigenvalue weighted by molar-refractivity contribution is 0.171. The second-order valence-electron chi connectivity index (χ2n) is 7.88. The van der Waals surface area contributed by atoms with Gasteiger partial charge in [0.15, 0.2) is 5.82 Å². The Kier molecular flexibility index (Phi) is 6.45. The van der Waals surface area contributed by atoms with Gasteiger partial charge >= 0.3 is 6.09 Å². The lowest BCUT2D eigenvalue weighted by Gasteiger charge is -2.34. The largest absolute Gasteiger partial charge is 0.497 e. The van der Waals surface area contributed by atoms with Gasteiger partial charge in [-0.25, -0.2) is 15.1 Å². The van der Waals surface area contributed by atoms with Gasteiger partial charge in [-0.2, -0.15) is 0 Å². The molecule has 0 aliphatic carbocycles. The van der Waals surface area contributed by atoms with E-state index in [0.717, 1.165) is 11.1 Å². The summed E-state index contributed by atoms with van der Waals surface area (Å²) in [6.45, 7) is 2.15. The van der Waals surface area contributed by atoms with Crippen LogP contribution in [0.5, 0.6) is 11.5 Å². The van der Waals surface area contributed by atoms with Crippen LogP contribution >= 0.6 is 11.6 Å². The molecule has 0 aromatic heterocycles. The molecule has 1 fully saturated rings. The van der Waals surface area contributed by atoms with E-state index in [4.69, 9.17) is 21.1 Å². The highest BCUT2D eigenvalue weighted by molar-refractivity contribution is 6.32.